The van der Waals surface area contributed by atoms with E-state index in [1.807, 2.05) is 0 Å². The van der Waals surface area contributed by atoms with E-state index in [0.29, 0.717) is 11.6 Å². The lowest BCUT2D eigenvalue weighted by Gasteiger charge is -2.34. The van der Waals surface area contributed by atoms with Crippen LogP contribution in [0.1, 0.15) is 12.6 Å². The molecule has 7 heteroatoms. The van der Waals surface area contributed by atoms with Gasteiger partial charge in [0.25, 0.3) is 0 Å². The molecule has 0 amide bonds. The van der Waals surface area contributed by atoms with Crippen LogP contribution in [0.15, 0.2) is 12.3 Å². The van der Waals surface area contributed by atoms with E-state index >= 15 is 0 Å². The van der Waals surface area contributed by atoms with Crippen molar-refractivity contribution in [2.24, 2.45) is 0 Å². The van der Waals surface area contributed by atoms with E-state index in [1.165, 1.54) is 0 Å². The van der Waals surface area contributed by atoms with Crippen molar-refractivity contribution in [2.75, 3.05) is 37.6 Å². The molecular formula is C11H15Cl3N4. The first-order valence-corrected chi connectivity index (χ1v) is 7.01. The van der Waals surface area contributed by atoms with E-state index in [-0.39, 0.29) is 0 Å². The molecule has 1 saturated heterocycles. The molecule has 0 atom stereocenters. The molecule has 4 nitrogen and oxygen atoms in total. The molecule has 1 fully saturated rings. The minimum atomic E-state index is -1.50. The first-order chi connectivity index (χ1) is 8.50. The number of aromatic nitrogens is 2. The summed E-state index contributed by atoms with van der Waals surface area (Å²) in [7, 11) is 0. The standard InChI is InChI=1S/C11H15Cl3N4/c1-2-17-5-7-18(8-6-17)10-15-4-3-9(16-10)11(12,13)14/h3-4H,2,5-8H2,1H3. The van der Waals surface area contributed by atoms with Crippen LogP contribution < -0.4 is 4.90 Å². The zero-order valence-corrected chi connectivity index (χ0v) is 12.4. The van der Waals surface area contributed by atoms with Crippen molar-refractivity contribution in [2.45, 2.75) is 10.7 Å². The number of hydrogen-bond acceptors (Lipinski definition) is 4. The molecule has 0 N–H and O–H groups in total. The van der Waals surface area contributed by atoms with Gasteiger partial charge in [-0.25, -0.2) is 9.97 Å². The quantitative estimate of drug-likeness (QED) is 0.786. The molecular weight excluding hydrogens is 295 g/mol. The number of alkyl halides is 3. The maximum Gasteiger partial charge on any atom is 0.232 e. The van der Waals surface area contributed by atoms with Crippen LogP contribution in [-0.4, -0.2) is 47.6 Å². The summed E-state index contributed by atoms with van der Waals surface area (Å²) in [6.45, 7) is 7.06. The largest absolute Gasteiger partial charge is 0.338 e. The van der Waals surface area contributed by atoms with E-state index < -0.39 is 3.79 Å². The minimum Gasteiger partial charge on any atom is -0.338 e. The van der Waals surface area contributed by atoms with Gasteiger partial charge in [-0.1, -0.05) is 41.7 Å². The van der Waals surface area contributed by atoms with Crippen molar-refractivity contribution in [3.8, 4) is 0 Å². The van der Waals surface area contributed by atoms with E-state index in [1.54, 1.807) is 12.3 Å². The van der Waals surface area contributed by atoms with Gasteiger partial charge in [0.05, 0.1) is 5.69 Å². The third-order valence-electron chi connectivity index (χ3n) is 3.04. The smallest absolute Gasteiger partial charge is 0.232 e. The molecule has 0 saturated carbocycles. The molecule has 18 heavy (non-hydrogen) atoms. The highest BCUT2D eigenvalue weighted by Crippen LogP contribution is 2.37. The second-order valence-electron chi connectivity index (χ2n) is 4.16. The summed E-state index contributed by atoms with van der Waals surface area (Å²) < 4.78 is -1.50. The molecule has 1 aliphatic rings. The van der Waals surface area contributed by atoms with Crippen molar-refractivity contribution in [3.63, 3.8) is 0 Å². The molecule has 1 aromatic heterocycles. The number of hydrogen-bond donors (Lipinski definition) is 0. The van der Waals surface area contributed by atoms with Gasteiger partial charge in [0, 0.05) is 32.4 Å². The fourth-order valence-electron chi connectivity index (χ4n) is 1.92. The van der Waals surface area contributed by atoms with Gasteiger partial charge in [-0.15, -0.1) is 0 Å². The highest BCUT2D eigenvalue weighted by Gasteiger charge is 2.26. The summed E-state index contributed by atoms with van der Waals surface area (Å²) in [5, 5.41) is 0. The molecule has 0 bridgehead atoms. The molecule has 100 valence electrons. The molecule has 1 aliphatic heterocycles. The second-order valence-corrected chi connectivity index (χ2v) is 6.44. The van der Waals surface area contributed by atoms with Gasteiger partial charge in [0.2, 0.25) is 9.74 Å². The molecule has 2 rings (SSSR count). The number of piperazine rings is 1. The highest BCUT2D eigenvalue weighted by molar-refractivity contribution is 6.66. The maximum absolute atomic E-state index is 5.83. The van der Waals surface area contributed by atoms with E-state index in [9.17, 15) is 0 Å². The van der Waals surface area contributed by atoms with Gasteiger partial charge in [-0.05, 0) is 12.6 Å². The molecule has 0 aliphatic carbocycles. The molecule has 0 unspecified atom stereocenters. The summed E-state index contributed by atoms with van der Waals surface area (Å²) in [4.78, 5) is 13.1. The fourth-order valence-corrected chi connectivity index (χ4v) is 2.24. The Bertz CT molecular complexity index is 400. The summed E-state index contributed by atoms with van der Waals surface area (Å²) in [6, 6.07) is 1.62. The Kier molecular flexibility index (Phi) is 4.54. The molecule has 1 aromatic rings. The average molecular weight is 310 g/mol. The number of halogens is 3. The van der Waals surface area contributed by atoms with Crippen LogP contribution in [0.25, 0.3) is 0 Å². The van der Waals surface area contributed by atoms with Crippen LogP contribution in [0.2, 0.25) is 0 Å². The van der Waals surface area contributed by atoms with Crippen LogP contribution in [0.5, 0.6) is 0 Å². The van der Waals surface area contributed by atoms with Gasteiger partial charge in [0.15, 0.2) is 0 Å². The summed E-state index contributed by atoms with van der Waals surface area (Å²) in [5.74, 6) is 0.634. The number of nitrogens with zero attached hydrogens (tertiary/aromatic N) is 4. The fraction of sp³-hybridized carbons (Fsp3) is 0.636. The Morgan fingerprint density at radius 2 is 1.89 bits per heavy atom. The lowest BCUT2D eigenvalue weighted by molar-refractivity contribution is 0.270. The van der Waals surface area contributed by atoms with Crippen molar-refractivity contribution in [1.29, 1.82) is 0 Å². The Morgan fingerprint density at radius 3 is 2.44 bits per heavy atom. The van der Waals surface area contributed by atoms with Gasteiger partial charge in [-0.3, -0.25) is 0 Å². The van der Waals surface area contributed by atoms with Crippen molar-refractivity contribution in [3.05, 3.63) is 18.0 Å². The first kappa shape index (κ1) is 14.1. The summed E-state index contributed by atoms with van der Waals surface area (Å²) >= 11 is 17.5. The van der Waals surface area contributed by atoms with Crippen LogP contribution in [-0.2, 0) is 3.79 Å². The molecule has 2 heterocycles. The van der Waals surface area contributed by atoms with Gasteiger partial charge in [-0.2, -0.15) is 0 Å². The Labute approximate surface area is 122 Å². The van der Waals surface area contributed by atoms with Crippen LogP contribution >= 0.6 is 34.8 Å². The van der Waals surface area contributed by atoms with Crippen LogP contribution in [0, 0.1) is 0 Å². The maximum atomic E-state index is 5.83. The van der Waals surface area contributed by atoms with E-state index in [4.69, 9.17) is 34.8 Å². The zero-order chi connectivity index (χ0) is 13.2. The van der Waals surface area contributed by atoms with Crippen molar-refractivity contribution >= 4 is 40.8 Å². The molecule has 0 radical (unpaired) electrons. The Balaban J connectivity index is 2.10. The third-order valence-corrected chi connectivity index (χ3v) is 3.62. The zero-order valence-electron chi connectivity index (χ0n) is 10.1. The predicted molar refractivity (Wildman–Crippen MR) is 75.6 cm³/mol. The van der Waals surface area contributed by atoms with Gasteiger partial charge < -0.3 is 9.80 Å². The monoisotopic (exact) mass is 308 g/mol. The lowest BCUT2D eigenvalue weighted by atomic mass is 10.3. The number of likely N-dealkylation sites (N-methyl/N-ethyl adjacent to an activating group) is 1. The minimum absolute atomic E-state index is 0.412. The van der Waals surface area contributed by atoms with Gasteiger partial charge >= 0.3 is 0 Å². The lowest BCUT2D eigenvalue weighted by Crippen LogP contribution is -2.46. The van der Waals surface area contributed by atoms with Crippen molar-refractivity contribution in [1.82, 2.24) is 14.9 Å². The molecule has 0 aromatic carbocycles. The Hall–Kier alpha value is -0.290. The highest BCUT2D eigenvalue weighted by atomic mass is 35.6. The van der Waals surface area contributed by atoms with Crippen molar-refractivity contribution < 1.29 is 0 Å². The summed E-state index contributed by atoms with van der Waals surface area (Å²) in [5.41, 5.74) is 0.412. The average Bonchev–Trinajstić information content (AvgIpc) is 2.38. The van der Waals surface area contributed by atoms with Crippen LogP contribution in [0.4, 0.5) is 5.95 Å². The number of anilines is 1. The predicted octanol–water partition coefficient (Wildman–Crippen LogP) is 2.45. The Morgan fingerprint density at radius 1 is 1.22 bits per heavy atom. The topological polar surface area (TPSA) is 32.3 Å². The van der Waals surface area contributed by atoms with E-state index in [2.05, 4.69) is 26.7 Å². The van der Waals surface area contributed by atoms with Gasteiger partial charge in [0.1, 0.15) is 0 Å². The first-order valence-electron chi connectivity index (χ1n) is 5.88. The second kappa shape index (κ2) is 5.78. The van der Waals surface area contributed by atoms with Crippen LogP contribution in [0.3, 0.4) is 0 Å². The normalized spacial score (nSPS) is 18.1. The van der Waals surface area contributed by atoms with E-state index in [0.717, 1.165) is 32.7 Å². The number of rotatable bonds is 2. The SMILES string of the molecule is CCN1CCN(c2nccc(C(Cl)(Cl)Cl)n2)CC1. The summed E-state index contributed by atoms with van der Waals surface area (Å²) in [6.07, 6.45) is 1.63. The third kappa shape index (κ3) is 3.38. The molecule has 0 spiro atoms.